The van der Waals surface area contributed by atoms with Crippen LogP contribution in [0.5, 0.6) is 11.5 Å². The topological polar surface area (TPSA) is 157 Å². The number of esters is 1. The lowest BCUT2D eigenvalue weighted by atomic mass is 9.99. The van der Waals surface area contributed by atoms with Crippen LogP contribution < -0.4 is 0 Å². The van der Waals surface area contributed by atoms with Crippen molar-refractivity contribution in [1.29, 1.82) is 0 Å². The van der Waals surface area contributed by atoms with Gasteiger partial charge in [-0.1, -0.05) is 6.07 Å². The molecular formula is C15H18O9. The predicted octanol–water partition coefficient (Wildman–Crippen LogP) is -1.55. The van der Waals surface area contributed by atoms with Gasteiger partial charge in [-0.15, -0.1) is 0 Å². The van der Waals surface area contributed by atoms with Crippen LogP contribution in [0.3, 0.4) is 0 Å². The number of ether oxygens (including phenoxy) is 2. The van der Waals surface area contributed by atoms with E-state index < -0.39 is 43.3 Å². The molecule has 0 saturated carbocycles. The lowest BCUT2D eigenvalue weighted by Gasteiger charge is -2.39. The van der Waals surface area contributed by atoms with E-state index in [2.05, 4.69) is 0 Å². The highest BCUT2D eigenvalue weighted by molar-refractivity contribution is 5.87. The second-order valence-corrected chi connectivity index (χ2v) is 5.21. The summed E-state index contributed by atoms with van der Waals surface area (Å²) in [6.45, 7) is -0.645. The third-order valence-corrected chi connectivity index (χ3v) is 3.50. The van der Waals surface area contributed by atoms with E-state index in [0.717, 1.165) is 6.08 Å². The van der Waals surface area contributed by atoms with Crippen LogP contribution in [0, 0.1) is 0 Å². The Morgan fingerprint density at radius 1 is 1.17 bits per heavy atom. The van der Waals surface area contributed by atoms with Crippen LogP contribution in [0.25, 0.3) is 6.08 Å². The average molecular weight is 342 g/mol. The summed E-state index contributed by atoms with van der Waals surface area (Å²) >= 11 is 0. The van der Waals surface area contributed by atoms with Gasteiger partial charge in [-0.2, -0.15) is 0 Å². The largest absolute Gasteiger partial charge is 0.504 e. The molecule has 2 rings (SSSR count). The van der Waals surface area contributed by atoms with Crippen molar-refractivity contribution in [2.45, 2.75) is 30.7 Å². The van der Waals surface area contributed by atoms with Crippen molar-refractivity contribution in [3.05, 3.63) is 29.8 Å². The third-order valence-electron chi connectivity index (χ3n) is 3.50. The molecular weight excluding hydrogens is 324 g/mol. The summed E-state index contributed by atoms with van der Waals surface area (Å²) in [5.41, 5.74) is 0.400. The SMILES string of the molecule is O=C(C=Cc1ccc(O)c(O)c1)OC1C(CO)OC(O)C(O)C1O. The second-order valence-electron chi connectivity index (χ2n) is 5.21. The highest BCUT2D eigenvalue weighted by atomic mass is 16.7. The van der Waals surface area contributed by atoms with Gasteiger partial charge in [0.25, 0.3) is 0 Å². The van der Waals surface area contributed by atoms with Crippen molar-refractivity contribution in [1.82, 2.24) is 0 Å². The molecule has 0 aliphatic carbocycles. The Hall–Kier alpha value is -2.17. The summed E-state index contributed by atoms with van der Waals surface area (Å²) in [6.07, 6.45) is -5.33. The lowest BCUT2D eigenvalue weighted by Crippen LogP contribution is -2.59. The summed E-state index contributed by atoms with van der Waals surface area (Å²) in [5, 5.41) is 56.5. The molecule has 1 aromatic rings. The molecule has 5 atom stereocenters. The Balaban J connectivity index is 2.04. The summed E-state index contributed by atoms with van der Waals surface area (Å²) in [5.74, 6) is -1.58. The number of hydrogen-bond acceptors (Lipinski definition) is 9. The molecule has 1 heterocycles. The molecule has 0 amide bonds. The first-order valence-electron chi connectivity index (χ1n) is 7.04. The molecule has 0 bridgehead atoms. The first kappa shape index (κ1) is 18.2. The Morgan fingerprint density at radius 3 is 2.50 bits per heavy atom. The van der Waals surface area contributed by atoms with Gasteiger partial charge < -0.3 is 40.1 Å². The molecule has 0 radical (unpaired) electrons. The number of carbonyl (C=O) groups excluding carboxylic acids is 1. The van der Waals surface area contributed by atoms with Gasteiger partial charge in [-0.05, 0) is 23.8 Å². The highest BCUT2D eigenvalue weighted by Gasteiger charge is 2.45. The van der Waals surface area contributed by atoms with E-state index in [4.69, 9.17) is 9.47 Å². The minimum atomic E-state index is -1.71. The Morgan fingerprint density at radius 2 is 1.88 bits per heavy atom. The van der Waals surface area contributed by atoms with Gasteiger partial charge in [0.15, 0.2) is 23.9 Å². The van der Waals surface area contributed by atoms with Gasteiger partial charge in [0.1, 0.15) is 18.3 Å². The van der Waals surface area contributed by atoms with Crippen molar-refractivity contribution in [3.8, 4) is 11.5 Å². The van der Waals surface area contributed by atoms with Gasteiger partial charge in [0.05, 0.1) is 6.61 Å². The predicted molar refractivity (Wildman–Crippen MR) is 78.7 cm³/mol. The quantitative estimate of drug-likeness (QED) is 0.217. The van der Waals surface area contributed by atoms with E-state index in [0.29, 0.717) is 5.56 Å². The van der Waals surface area contributed by atoms with Crippen molar-refractivity contribution in [2.24, 2.45) is 0 Å². The lowest BCUT2D eigenvalue weighted by molar-refractivity contribution is -0.289. The zero-order valence-electron chi connectivity index (χ0n) is 12.4. The number of benzene rings is 1. The normalized spacial score (nSPS) is 30.4. The van der Waals surface area contributed by atoms with E-state index in [1.807, 2.05) is 0 Å². The zero-order chi connectivity index (χ0) is 17.9. The summed E-state index contributed by atoms with van der Waals surface area (Å²) in [4.78, 5) is 11.8. The van der Waals surface area contributed by atoms with Crippen LogP contribution in [0.4, 0.5) is 0 Å². The Kier molecular flexibility index (Phi) is 5.75. The number of phenolic OH excluding ortho intramolecular Hbond substituents is 2. The number of aliphatic hydroxyl groups is 4. The monoisotopic (exact) mass is 342 g/mol. The number of aliphatic hydroxyl groups excluding tert-OH is 4. The smallest absolute Gasteiger partial charge is 0.331 e. The summed E-state index contributed by atoms with van der Waals surface area (Å²) in [7, 11) is 0. The maximum absolute atomic E-state index is 11.8. The molecule has 1 aliphatic heterocycles. The van der Waals surface area contributed by atoms with E-state index in [1.165, 1.54) is 24.3 Å². The van der Waals surface area contributed by atoms with E-state index in [9.17, 15) is 35.4 Å². The van der Waals surface area contributed by atoms with E-state index in [-0.39, 0.29) is 11.5 Å². The summed E-state index contributed by atoms with van der Waals surface area (Å²) < 4.78 is 9.81. The van der Waals surface area contributed by atoms with Gasteiger partial charge in [-0.25, -0.2) is 4.79 Å². The van der Waals surface area contributed by atoms with Crippen molar-refractivity contribution < 1.29 is 44.9 Å². The molecule has 1 saturated heterocycles. The van der Waals surface area contributed by atoms with Crippen molar-refractivity contribution >= 4 is 12.0 Å². The fraction of sp³-hybridized carbons (Fsp3) is 0.400. The number of phenols is 2. The van der Waals surface area contributed by atoms with Gasteiger partial charge in [-0.3, -0.25) is 0 Å². The highest BCUT2D eigenvalue weighted by Crippen LogP contribution is 2.26. The summed E-state index contributed by atoms with van der Waals surface area (Å²) in [6, 6.07) is 3.89. The zero-order valence-corrected chi connectivity index (χ0v) is 12.4. The van der Waals surface area contributed by atoms with Crippen LogP contribution in [0.15, 0.2) is 24.3 Å². The Bertz CT molecular complexity index is 613. The average Bonchev–Trinajstić information content (AvgIpc) is 2.56. The fourth-order valence-electron chi connectivity index (χ4n) is 2.19. The van der Waals surface area contributed by atoms with E-state index in [1.54, 1.807) is 0 Å². The fourth-order valence-corrected chi connectivity index (χ4v) is 2.19. The second kappa shape index (κ2) is 7.60. The first-order chi connectivity index (χ1) is 11.3. The van der Waals surface area contributed by atoms with Gasteiger partial charge in [0, 0.05) is 6.08 Å². The molecule has 24 heavy (non-hydrogen) atoms. The van der Waals surface area contributed by atoms with E-state index >= 15 is 0 Å². The number of carbonyl (C=O) groups is 1. The standard InChI is InChI=1S/C15H18O9/c16-6-10-14(12(20)13(21)15(22)23-10)24-11(19)4-2-7-1-3-8(17)9(18)5-7/h1-5,10,12-18,20-22H,6H2. The minimum Gasteiger partial charge on any atom is -0.504 e. The van der Waals surface area contributed by atoms with Crippen LogP contribution in [0.1, 0.15) is 5.56 Å². The molecule has 1 fully saturated rings. The first-order valence-corrected chi connectivity index (χ1v) is 7.04. The molecule has 0 aromatic heterocycles. The molecule has 1 aromatic carbocycles. The molecule has 9 heteroatoms. The van der Waals surface area contributed by atoms with Gasteiger partial charge >= 0.3 is 5.97 Å². The maximum atomic E-state index is 11.8. The van der Waals surface area contributed by atoms with Crippen LogP contribution in [0.2, 0.25) is 0 Å². The molecule has 132 valence electrons. The Labute approximate surface area is 136 Å². The number of hydrogen-bond donors (Lipinski definition) is 6. The maximum Gasteiger partial charge on any atom is 0.331 e. The third kappa shape index (κ3) is 4.02. The minimum absolute atomic E-state index is 0.310. The number of rotatable bonds is 4. The molecule has 5 unspecified atom stereocenters. The van der Waals surface area contributed by atoms with Crippen molar-refractivity contribution in [3.63, 3.8) is 0 Å². The molecule has 0 spiro atoms. The molecule has 6 N–H and O–H groups in total. The van der Waals surface area contributed by atoms with Crippen LogP contribution in [-0.4, -0.2) is 73.9 Å². The van der Waals surface area contributed by atoms with Gasteiger partial charge in [0.2, 0.25) is 0 Å². The molecule has 9 nitrogen and oxygen atoms in total. The molecule has 1 aliphatic rings. The number of aromatic hydroxyl groups is 2. The van der Waals surface area contributed by atoms with Crippen molar-refractivity contribution in [2.75, 3.05) is 6.61 Å². The van der Waals surface area contributed by atoms with Crippen LogP contribution in [-0.2, 0) is 14.3 Å². The van der Waals surface area contributed by atoms with Crippen LogP contribution >= 0.6 is 0 Å².